The molecule has 1 N–H and O–H groups in total. The topological polar surface area (TPSA) is 126 Å². The Bertz CT molecular complexity index is 1540. The number of rotatable bonds is 4. The van der Waals surface area contributed by atoms with Gasteiger partial charge in [-0.25, -0.2) is 13.2 Å². The number of aromatic nitrogens is 4. The Morgan fingerprint density at radius 3 is 2.32 bits per heavy atom. The van der Waals surface area contributed by atoms with Crippen molar-refractivity contribution in [3.63, 3.8) is 0 Å². The van der Waals surface area contributed by atoms with Gasteiger partial charge < -0.3 is 10.0 Å². The quantitative estimate of drug-likeness (QED) is 0.419. The fourth-order valence-corrected chi connectivity index (χ4v) is 4.16. The molecule has 0 amide bonds. The molecule has 1 fully saturated rings. The summed E-state index contributed by atoms with van der Waals surface area (Å²) in [5.74, 6) is -2.45. The van der Waals surface area contributed by atoms with Crippen LogP contribution in [0.5, 0.6) is 0 Å². The van der Waals surface area contributed by atoms with Crippen molar-refractivity contribution in [1.82, 2.24) is 19.9 Å². The second-order valence-electron chi connectivity index (χ2n) is 8.30. The van der Waals surface area contributed by atoms with Gasteiger partial charge in [0.25, 0.3) is 0 Å². The van der Waals surface area contributed by atoms with Crippen molar-refractivity contribution in [2.24, 2.45) is 0 Å². The van der Waals surface area contributed by atoms with Gasteiger partial charge in [-0.2, -0.15) is 13.2 Å². The van der Waals surface area contributed by atoms with Gasteiger partial charge >= 0.3 is 12.1 Å². The number of benzene rings is 1. The Kier molecular flexibility index (Phi) is 7.07. The molecule has 0 aliphatic carbocycles. The summed E-state index contributed by atoms with van der Waals surface area (Å²) < 4.78 is 55.2. The van der Waals surface area contributed by atoms with Crippen LogP contribution < -0.4 is 4.90 Å². The molecule has 1 aliphatic rings. The van der Waals surface area contributed by atoms with Crippen molar-refractivity contribution in [2.45, 2.75) is 17.0 Å². The Hall–Kier alpha value is -4.13. The number of fused-ring (bicyclic) bond motifs is 1. The number of carboxylic acids is 1. The number of alkyl halides is 3. The van der Waals surface area contributed by atoms with Crippen molar-refractivity contribution in [3.05, 3.63) is 73.1 Å². The van der Waals surface area contributed by atoms with E-state index < -0.39 is 22.0 Å². The minimum atomic E-state index is -5.08. The molecule has 0 unspecified atom stereocenters. The van der Waals surface area contributed by atoms with Crippen LogP contribution in [0.4, 0.5) is 18.9 Å². The van der Waals surface area contributed by atoms with E-state index in [1.54, 1.807) is 24.7 Å². The molecule has 13 heteroatoms. The molecule has 4 aromatic rings. The lowest BCUT2D eigenvalue weighted by atomic mass is 9.96. The van der Waals surface area contributed by atoms with Crippen LogP contribution in [-0.4, -0.2) is 65.0 Å². The molecular weight excluding hydrogens is 511 g/mol. The molecule has 0 bridgehead atoms. The lowest BCUT2D eigenvalue weighted by Gasteiger charge is -2.40. The molecule has 5 rings (SSSR count). The van der Waals surface area contributed by atoms with Gasteiger partial charge in [-0.05, 0) is 18.2 Å². The van der Waals surface area contributed by atoms with Gasteiger partial charge in [0, 0.05) is 54.8 Å². The number of anilines is 1. The monoisotopic (exact) mass is 531 g/mol. The molecule has 0 radical (unpaired) electrons. The number of sulfone groups is 1. The highest BCUT2D eigenvalue weighted by atomic mass is 32.2. The number of carboxylic acid groups (broad SMARTS) is 1. The van der Waals surface area contributed by atoms with Crippen molar-refractivity contribution >= 4 is 32.4 Å². The number of hydrogen-bond donors (Lipinski definition) is 1. The minimum absolute atomic E-state index is 0.171. The summed E-state index contributed by atoms with van der Waals surface area (Å²) in [6.45, 7) is 1.72. The summed E-state index contributed by atoms with van der Waals surface area (Å²) in [5, 5.41) is 8.26. The molecule has 9 nitrogen and oxygen atoms in total. The predicted molar refractivity (Wildman–Crippen MR) is 129 cm³/mol. The van der Waals surface area contributed by atoms with Crippen molar-refractivity contribution in [1.29, 1.82) is 0 Å². The molecule has 3 aromatic heterocycles. The van der Waals surface area contributed by atoms with Gasteiger partial charge in [-0.1, -0.05) is 18.2 Å². The molecule has 192 valence electrons. The summed E-state index contributed by atoms with van der Waals surface area (Å²) in [7, 11) is -3.32. The van der Waals surface area contributed by atoms with Gasteiger partial charge in [0.2, 0.25) is 0 Å². The van der Waals surface area contributed by atoms with E-state index in [1.807, 2.05) is 24.4 Å². The highest BCUT2D eigenvalue weighted by Gasteiger charge is 2.38. The summed E-state index contributed by atoms with van der Waals surface area (Å²) in [4.78, 5) is 28.9. The summed E-state index contributed by atoms with van der Waals surface area (Å²) in [6.07, 6.45) is 4.37. The molecule has 1 aliphatic heterocycles. The van der Waals surface area contributed by atoms with Crippen LogP contribution in [0.3, 0.4) is 0 Å². The minimum Gasteiger partial charge on any atom is -0.475 e. The zero-order chi connectivity index (χ0) is 26.8. The zero-order valence-electron chi connectivity index (χ0n) is 19.3. The smallest absolute Gasteiger partial charge is 0.475 e. The number of halogens is 3. The average molecular weight is 532 g/mol. The predicted octanol–water partition coefficient (Wildman–Crippen LogP) is 3.73. The standard InChI is InChI=1S/C22H19N5O2S.C2HF3O2/c1-30(28,29)19-7-16(8-23-10-19)21-11-26-22(12-25-21)17-13-27(14-17)18-6-15-4-2-3-5-20(15)24-9-18;3-2(4,5)1(6)7/h2-12,17H,13-14H2,1H3;(H,6,7). The van der Waals surface area contributed by atoms with Crippen LogP contribution in [0, 0.1) is 0 Å². The fourth-order valence-electron chi connectivity index (χ4n) is 3.57. The molecule has 0 saturated carbocycles. The van der Waals surface area contributed by atoms with E-state index in [1.165, 1.54) is 6.20 Å². The van der Waals surface area contributed by atoms with E-state index >= 15 is 0 Å². The largest absolute Gasteiger partial charge is 0.490 e. The highest BCUT2D eigenvalue weighted by molar-refractivity contribution is 7.90. The van der Waals surface area contributed by atoms with Gasteiger partial charge in [-0.15, -0.1) is 0 Å². The third-order valence-electron chi connectivity index (χ3n) is 5.59. The van der Waals surface area contributed by atoms with Gasteiger partial charge in [0.15, 0.2) is 9.84 Å². The van der Waals surface area contributed by atoms with Crippen LogP contribution >= 0.6 is 0 Å². The van der Waals surface area contributed by atoms with E-state index in [-0.39, 0.29) is 4.90 Å². The summed E-state index contributed by atoms with van der Waals surface area (Å²) in [6, 6.07) is 11.8. The number of hydrogen-bond acceptors (Lipinski definition) is 8. The van der Waals surface area contributed by atoms with Crippen LogP contribution in [0.25, 0.3) is 22.2 Å². The van der Waals surface area contributed by atoms with Crippen molar-refractivity contribution < 1.29 is 31.5 Å². The molecule has 37 heavy (non-hydrogen) atoms. The third-order valence-corrected chi connectivity index (χ3v) is 6.67. The fraction of sp³-hybridized carbons (Fsp3) is 0.208. The Morgan fingerprint density at radius 2 is 1.70 bits per heavy atom. The van der Waals surface area contributed by atoms with E-state index in [9.17, 15) is 21.6 Å². The first-order valence-electron chi connectivity index (χ1n) is 10.8. The Balaban J connectivity index is 0.000000405. The first kappa shape index (κ1) is 25.9. The maximum Gasteiger partial charge on any atom is 0.490 e. The van der Waals surface area contributed by atoms with Crippen LogP contribution in [0.2, 0.25) is 0 Å². The lowest BCUT2D eigenvalue weighted by Crippen LogP contribution is -2.45. The molecule has 1 saturated heterocycles. The van der Waals surface area contributed by atoms with Crippen LogP contribution in [0.1, 0.15) is 11.6 Å². The first-order chi connectivity index (χ1) is 17.4. The van der Waals surface area contributed by atoms with E-state index in [4.69, 9.17) is 9.90 Å². The summed E-state index contributed by atoms with van der Waals surface area (Å²) >= 11 is 0. The molecular formula is C24H20F3N5O4S. The number of nitrogens with zero attached hydrogens (tertiary/aromatic N) is 5. The summed E-state index contributed by atoms with van der Waals surface area (Å²) in [5.41, 5.74) is 4.27. The van der Waals surface area contributed by atoms with Crippen LogP contribution in [-0.2, 0) is 14.6 Å². The Morgan fingerprint density at radius 1 is 1.00 bits per heavy atom. The number of para-hydroxylation sites is 1. The second kappa shape index (κ2) is 10.1. The van der Waals surface area contributed by atoms with E-state index in [0.29, 0.717) is 17.2 Å². The number of aliphatic carboxylic acids is 1. The van der Waals surface area contributed by atoms with Crippen molar-refractivity contribution in [3.8, 4) is 11.3 Å². The van der Waals surface area contributed by atoms with E-state index in [2.05, 4.69) is 37.0 Å². The maximum absolute atomic E-state index is 11.7. The lowest BCUT2D eigenvalue weighted by molar-refractivity contribution is -0.192. The zero-order valence-corrected chi connectivity index (χ0v) is 20.1. The number of carbonyl (C=O) groups is 1. The highest BCUT2D eigenvalue weighted by Crippen LogP contribution is 2.32. The second-order valence-corrected chi connectivity index (χ2v) is 10.3. The average Bonchev–Trinajstić information content (AvgIpc) is 2.83. The normalized spacial score (nSPS) is 14.0. The third kappa shape index (κ3) is 6.17. The van der Waals surface area contributed by atoms with Crippen LogP contribution in [0.15, 0.2) is 72.3 Å². The molecule has 0 atom stereocenters. The van der Waals surface area contributed by atoms with Gasteiger partial charge in [0.1, 0.15) is 0 Å². The molecule has 0 spiro atoms. The van der Waals surface area contributed by atoms with Gasteiger partial charge in [-0.3, -0.25) is 19.9 Å². The first-order valence-corrected chi connectivity index (χ1v) is 12.7. The van der Waals surface area contributed by atoms with Gasteiger partial charge in [0.05, 0.1) is 39.9 Å². The molecule has 1 aromatic carbocycles. The number of pyridine rings is 2. The Labute approximate surface area is 209 Å². The SMILES string of the molecule is CS(=O)(=O)c1cncc(-c2cnc(C3CN(c4cnc5ccccc5c4)C3)cn2)c1.O=C(O)C(F)(F)F. The van der Waals surface area contributed by atoms with Crippen molar-refractivity contribution in [2.75, 3.05) is 24.2 Å². The van der Waals surface area contributed by atoms with E-state index in [0.717, 1.165) is 41.6 Å². The molecule has 4 heterocycles. The maximum atomic E-state index is 11.7.